The molecular weight excluding hydrogens is 218 g/mol. The number of nitrogens with zero attached hydrogens (tertiary/aromatic N) is 1. The van der Waals surface area contributed by atoms with Gasteiger partial charge in [-0.15, -0.1) is 5.06 Å². The summed E-state index contributed by atoms with van der Waals surface area (Å²) in [6.45, 7) is 0. The van der Waals surface area contributed by atoms with E-state index in [1.165, 1.54) is 26.3 Å². The zero-order valence-electron chi connectivity index (χ0n) is 9.26. The molecule has 0 aromatic rings. The van der Waals surface area contributed by atoms with E-state index in [9.17, 15) is 14.4 Å². The topological polar surface area (TPSA) is 82.1 Å². The number of carbonyl (C=O) groups excluding carboxylic acids is 3. The van der Waals surface area contributed by atoms with Crippen molar-refractivity contribution < 1.29 is 28.7 Å². The number of hydroxylamine groups is 2. The summed E-state index contributed by atoms with van der Waals surface area (Å²) >= 11 is 0. The Morgan fingerprint density at radius 1 is 1.38 bits per heavy atom. The minimum absolute atomic E-state index is 0.113. The van der Waals surface area contributed by atoms with Gasteiger partial charge >= 0.3 is 17.9 Å². The molecular formula is C9H13NO6. The zero-order valence-corrected chi connectivity index (χ0v) is 9.26. The van der Waals surface area contributed by atoms with Crippen LogP contribution in [-0.4, -0.2) is 50.3 Å². The number of esters is 2. The van der Waals surface area contributed by atoms with Crippen LogP contribution in [0.4, 0.5) is 0 Å². The molecule has 0 saturated carbocycles. The van der Waals surface area contributed by atoms with Crippen LogP contribution >= 0.6 is 0 Å². The molecule has 0 unspecified atom stereocenters. The van der Waals surface area contributed by atoms with Crippen molar-refractivity contribution in [3.05, 3.63) is 0 Å². The summed E-state index contributed by atoms with van der Waals surface area (Å²) in [5, 5.41) is 1.17. The van der Waals surface area contributed by atoms with Crippen LogP contribution in [0.25, 0.3) is 0 Å². The van der Waals surface area contributed by atoms with Crippen LogP contribution in [0, 0.1) is 5.92 Å². The van der Waals surface area contributed by atoms with E-state index < -0.39 is 29.9 Å². The van der Waals surface area contributed by atoms with Gasteiger partial charge in [0.25, 0.3) is 0 Å². The van der Waals surface area contributed by atoms with Crippen molar-refractivity contribution in [1.29, 1.82) is 0 Å². The lowest BCUT2D eigenvalue weighted by atomic mass is 9.98. The van der Waals surface area contributed by atoms with Crippen LogP contribution in [0.3, 0.4) is 0 Å². The predicted molar refractivity (Wildman–Crippen MR) is 49.8 cm³/mol. The van der Waals surface area contributed by atoms with Gasteiger partial charge in [0.2, 0.25) is 0 Å². The third kappa shape index (κ3) is 2.30. The van der Waals surface area contributed by atoms with Gasteiger partial charge in [-0.3, -0.25) is 9.59 Å². The third-order valence-electron chi connectivity index (χ3n) is 2.40. The number of hydrogen-bond acceptors (Lipinski definition) is 7. The number of hydrogen-bond donors (Lipinski definition) is 0. The van der Waals surface area contributed by atoms with E-state index in [1.807, 2.05) is 0 Å². The first-order chi connectivity index (χ1) is 7.51. The van der Waals surface area contributed by atoms with Gasteiger partial charge in [-0.2, -0.15) is 0 Å². The van der Waals surface area contributed by atoms with E-state index in [0.717, 1.165) is 0 Å². The van der Waals surface area contributed by atoms with Crippen LogP contribution in [0.15, 0.2) is 0 Å². The normalized spacial score (nSPS) is 25.1. The highest BCUT2D eigenvalue weighted by Gasteiger charge is 2.48. The zero-order chi connectivity index (χ0) is 12.3. The average Bonchev–Trinajstić information content (AvgIpc) is 2.53. The first-order valence-corrected chi connectivity index (χ1v) is 4.60. The van der Waals surface area contributed by atoms with Gasteiger partial charge in [0.05, 0.1) is 26.7 Å². The minimum Gasteiger partial charge on any atom is -0.469 e. The first kappa shape index (κ1) is 12.4. The van der Waals surface area contributed by atoms with E-state index in [0.29, 0.717) is 0 Å². The van der Waals surface area contributed by atoms with E-state index in [1.54, 1.807) is 0 Å². The molecule has 0 aliphatic carbocycles. The number of rotatable bonds is 3. The lowest BCUT2D eigenvalue weighted by molar-refractivity contribution is -0.171. The second-order valence-corrected chi connectivity index (χ2v) is 3.30. The van der Waals surface area contributed by atoms with Gasteiger partial charge in [0, 0.05) is 7.05 Å². The number of ether oxygens (including phenoxy) is 2. The third-order valence-corrected chi connectivity index (χ3v) is 2.40. The summed E-state index contributed by atoms with van der Waals surface area (Å²) < 4.78 is 8.95. The Morgan fingerprint density at radius 3 is 2.50 bits per heavy atom. The Bertz CT molecular complexity index is 307. The van der Waals surface area contributed by atoms with Gasteiger partial charge in [-0.05, 0) is 0 Å². The van der Waals surface area contributed by atoms with E-state index in [4.69, 9.17) is 4.84 Å². The molecule has 90 valence electrons. The molecule has 2 atom stereocenters. The highest BCUT2D eigenvalue weighted by atomic mass is 16.7. The minimum atomic E-state index is -1.10. The van der Waals surface area contributed by atoms with Crippen LogP contribution in [0.2, 0.25) is 0 Å². The van der Waals surface area contributed by atoms with Gasteiger partial charge in [-0.25, -0.2) is 4.79 Å². The number of carbonyl (C=O) groups is 3. The monoisotopic (exact) mass is 231 g/mol. The van der Waals surface area contributed by atoms with Crippen molar-refractivity contribution in [2.45, 2.75) is 12.5 Å². The molecule has 7 nitrogen and oxygen atoms in total. The second-order valence-electron chi connectivity index (χ2n) is 3.30. The van der Waals surface area contributed by atoms with Crippen molar-refractivity contribution in [2.24, 2.45) is 5.92 Å². The van der Waals surface area contributed by atoms with Crippen LogP contribution in [-0.2, 0) is 28.7 Å². The molecule has 7 heteroatoms. The van der Waals surface area contributed by atoms with Crippen molar-refractivity contribution >= 4 is 17.9 Å². The molecule has 0 spiro atoms. The SMILES string of the molecule is COC(=O)C[C@H]1[C@@H](C(=O)OC)C(=O)ON1C. The smallest absolute Gasteiger partial charge is 0.341 e. The molecule has 0 bridgehead atoms. The maximum absolute atomic E-state index is 11.3. The largest absolute Gasteiger partial charge is 0.469 e. The summed E-state index contributed by atoms with van der Waals surface area (Å²) in [5.41, 5.74) is 0. The van der Waals surface area contributed by atoms with Crippen LogP contribution in [0.5, 0.6) is 0 Å². The van der Waals surface area contributed by atoms with Gasteiger partial charge in [-0.1, -0.05) is 0 Å². The Hall–Kier alpha value is -1.63. The molecule has 0 N–H and O–H groups in total. The fourth-order valence-electron chi connectivity index (χ4n) is 1.51. The summed E-state index contributed by atoms with van der Waals surface area (Å²) in [5.74, 6) is -3.07. The second kappa shape index (κ2) is 4.93. The summed E-state index contributed by atoms with van der Waals surface area (Å²) in [7, 11) is 3.87. The lowest BCUT2D eigenvalue weighted by Crippen LogP contribution is -2.36. The van der Waals surface area contributed by atoms with E-state index in [-0.39, 0.29) is 6.42 Å². The van der Waals surface area contributed by atoms with Crippen LogP contribution in [0.1, 0.15) is 6.42 Å². The number of methoxy groups -OCH3 is 2. The molecule has 0 radical (unpaired) electrons. The molecule has 1 rings (SSSR count). The highest BCUT2D eigenvalue weighted by molar-refractivity contribution is 5.97. The Kier molecular flexibility index (Phi) is 3.83. The predicted octanol–water partition coefficient (Wildman–Crippen LogP) is -0.889. The molecule has 0 amide bonds. The van der Waals surface area contributed by atoms with Gasteiger partial charge in [0.15, 0.2) is 5.92 Å². The fourth-order valence-corrected chi connectivity index (χ4v) is 1.51. The fraction of sp³-hybridized carbons (Fsp3) is 0.667. The Morgan fingerprint density at radius 2 is 2.00 bits per heavy atom. The molecule has 0 aromatic heterocycles. The Balaban J connectivity index is 2.81. The summed E-state index contributed by atoms with van der Waals surface area (Å²) in [4.78, 5) is 38.5. The maximum Gasteiger partial charge on any atom is 0.341 e. The maximum atomic E-state index is 11.3. The summed E-state index contributed by atoms with van der Waals surface area (Å²) in [6.07, 6.45) is -0.113. The molecule has 1 aliphatic rings. The summed E-state index contributed by atoms with van der Waals surface area (Å²) in [6, 6.07) is -0.688. The van der Waals surface area contributed by atoms with E-state index >= 15 is 0 Å². The van der Waals surface area contributed by atoms with Gasteiger partial charge < -0.3 is 14.3 Å². The Labute approximate surface area is 92.2 Å². The highest BCUT2D eigenvalue weighted by Crippen LogP contribution is 2.25. The van der Waals surface area contributed by atoms with Crippen LogP contribution < -0.4 is 0 Å². The van der Waals surface area contributed by atoms with Crippen molar-refractivity contribution in [3.63, 3.8) is 0 Å². The quantitative estimate of drug-likeness (QED) is 0.460. The molecule has 1 aliphatic heterocycles. The molecule has 16 heavy (non-hydrogen) atoms. The van der Waals surface area contributed by atoms with Crippen molar-refractivity contribution in [2.75, 3.05) is 21.3 Å². The standard InChI is InChI=1S/C9H13NO6/c1-10-5(4-6(11)14-2)7(8(12)15-3)9(13)16-10/h5,7H,4H2,1-3H3/t5-,7-/m0/s1. The first-order valence-electron chi connectivity index (χ1n) is 4.60. The molecule has 1 fully saturated rings. The molecule has 1 saturated heterocycles. The average molecular weight is 231 g/mol. The lowest BCUT2D eigenvalue weighted by Gasteiger charge is -2.17. The van der Waals surface area contributed by atoms with Crippen molar-refractivity contribution in [3.8, 4) is 0 Å². The van der Waals surface area contributed by atoms with Crippen molar-refractivity contribution in [1.82, 2.24) is 5.06 Å². The molecule has 1 heterocycles. The van der Waals surface area contributed by atoms with E-state index in [2.05, 4.69) is 9.47 Å². The van der Waals surface area contributed by atoms with Gasteiger partial charge in [0.1, 0.15) is 0 Å². The molecule has 0 aromatic carbocycles.